The van der Waals surface area contributed by atoms with Gasteiger partial charge in [0.25, 0.3) is 0 Å². The number of nitrogens with one attached hydrogen (secondary N) is 1. The summed E-state index contributed by atoms with van der Waals surface area (Å²) in [6.07, 6.45) is 2.40. The van der Waals surface area contributed by atoms with E-state index >= 15 is 0 Å². The third kappa shape index (κ3) is 1.89. The van der Waals surface area contributed by atoms with E-state index in [4.69, 9.17) is 10.5 Å². The Balaban J connectivity index is 1.79. The standard InChI is InChI=1S/C13H16N2O2/c14-13(6-7-13)12(16)15-10-5-8-17-11-4-2-1-3-9(10)11/h1-4,10H,5-8,14H2,(H,15,16). The lowest BCUT2D eigenvalue weighted by molar-refractivity contribution is -0.124. The van der Waals surface area contributed by atoms with Gasteiger partial charge in [0.1, 0.15) is 5.75 Å². The van der Waals surface area contributed by atoms with Crippen molar-refractivity contribution in [1.82, 2.24) is 5.32 Å². The van der Waals surface area contributed by atoms with Gasteiger partial charge in [0.2, 0.25) is 5.91 Å². The monoisotopic (exact) mass is 232 g/mol. The van der Waals surface area contributed by atoms with E-state index in [1.54, 1.807) is 0 Å². The molecule has 3 rings (SSSR count). The van der Waals surface area contributed by atoms with E-state index in [0.717, 1.165) is 30.6 Å². The molecule has 1 aromatic carbocycles. The predicted octanol–water partition coefficient (Wildman–Crippen LogP) is 1.12. The number of ether oxygens (including phenoxy) is 1. The maximum atomic E-state index is 11.9. The molecule has 90 valence electrons. The van der Waals surface area contributed by atoms with Crippen LogP contribution < -0.4 is 15.8 Å². The molecule has 0 radical (unpaired) electrons. The first-order chi connectivity index (χ1) is 8.19. The molecule has 0 saturated heterocycles. The van der Waals surface area contributed by atoms with Gasteiger partial charge < -0.3 is 15.8 Å². The summed E-state index contributed by atoms with van der Waals surface area (Å²) >= 11 is 0. The van der Waals surface area contributed by atoms with E-state index in [0.29, 0.717) is 6.61 Å². The van der Waals surface area contributed by atoms with Gasteiger partial charge in [-0.15, -0.1) is 0 Å². The fraction of sp³-hybridized carbons (Fsp3) is 0.462. The van der Waals surface area contributed by atoms with Crippen molar-refractivity contribution in [1.29, 1.82) is 0 Å². The summed E-state index contributed by atoms with van der Waals surface area (Å²) in [7, 11) is 0. The molecule has 1 aromatic rings. The van der Waals surface area contributed by atoms with E-state index in [1.807, 2.05) is 24.3 Å². The molecule has 1 fully saturated rings. The highest BCUT2D eigenvalue weighted by Crippen LogP contribution is 2.35. The van der Waals surface area contributed by atoms with Crippen molar-refractivity contribution >= 4 is 5.91 Å². The van der Waals surface area contributed by atoms with Crippen LogP contribution in [0, 0.1) is 0 Å². The van der Waals surface area contributed by atoms with Gasteiger partial charge in [-0.25, -0.2) is 0 Å². The van der Waals surface area contributed by atoms with E-state index in [-0.39, 0.29) is 11.9 Å². The van der Waals surface area contributed by atoms with Gasteiger partial charge in [-0.1, -0.05) is 18.2 Å². The summed E-state index contributed by atoms with van der Waals surface area (Å²) in [5.74, 6) is 0.838. The summed E-state index contributed by atoms with van der Waals surface area (Å²) in [5, 5.41) is 3.03. The molecular weight excluding hydrogens is 216 g/mol. The van der Waals surface area contributed by atoms with Crippen molar-refractivity contribution in [2.24, 2.45) is 5.73 Å². The molecule has 1 heterocycles. The number of benzene rings is 1. The second kappa shape index (κ2) is 3.74. The van der Waals surface area contributed by atoms with Gasteiger partial charge in [0, 0.05) is 12.0 Å². The summed E-state index contributed by atoms with van der Waals surface area (Å²) < 4.78 is 5.55. The van der Waals surface area contributed by atoms with Crippen LogP contribution in [0.3, 0.4) is 0 Å². The van der Waals surface area contributed by atoms with Gasteiger partial charge in [0.05, 0.1) is 18.2 Å². The van der Waals surface area contributed by atoms with Crippen molar-refractivity contribution < 1.29 is 9.53 Å². The normalized spacial score (nSPS) is 24.4. The molecule has 0 aromatic heterocycles. The van der Waals surface area contributed by atoms with Gasteiger partial charge >= 0.3 is 0 Å². The molecule has 1 amide bonds. The highest BCUT2D eigenvalue weighted by Gasteiger charge is 2.46. The third-order valence-corrected chi connectivity index (χ3v) is 3.50. The van der Waals surface area contributed by atoms with E-state index in [2.05, 4.69) is 5.32 Å². The first-order valence-electron chi connectivity index (χ1n) is 6.01. The minimum Gasteiger partial charge on any atom is -0.493 e. The third-order valence-electron chi connectivity index (χ3n) is 3.50. The Morgan fingerprint density at radius 1 is 1.41 bits per heavy atom. The maximum Gasteiger partial charge on any atom is 0.240 e. The molecule has 1 unspecified atom stereocenters. The second-order valence-corrected chi connectivity index (χ2v) is 4.86. The van der Waals surface area contributed by atoms with Crippen molar-refractivity contribution in [2.75, 3.05) is 6.61 Å². The summed E-state index contributed by atoms with van der Waals surface area (Å²) in [4.78, 5) is 11.9. The van der Waals surface area contributed by atoms with Crippen molar-refractivity contribution in [2.45, 2.75) is 30.8 Å². The lowest BCUT2D eigenvalue weighted by atomic mass is 10.00. The molecule has 3 N–H and O–H groups in total. The fourth-order valence-corrected chi connectivity index (χ4v) is 2.16. The van der Waals surface area contributed by atoms with E-state index in [9.17, 15) is 4.79 Å². The SMILES string of the molecule is NC1(C(=O)NC2CCOc3ccccc32)CC1. The van der Waals surface area contributed by atoms with E-state index in [1.165, 1.54) is 0 Å². The predicted molar refractivity (Wildman–Crippen MR) is 63.6 cm³/mol. The number of carbonyl (C=O) groups excluding carboxylic acids is 1. The van der Waals surface area contributed by atoms with Crippen LogP contribution >= 0.6 is 0 Å². The Bertz CT molecular complexity index is 454. The van der Waals surface area contributed by atoms with Crippen LogP contribution in [0.1, 0.15) is 30.9 Å². The van der Waals surface area contributed by atoms with E-state index < -0.39 is 5.54 Å². The quantitative estimate of drug-likeness (QED) is 0.803. The smallest absolute Gasteiger partial charge is 0.240 e. The molecule has 0 bridgehead atoms. The molecule has 1 aliphatic carbocycles. The van der Waals surface area contributed by atoms with Crippen LogP contribution in [-0.4, -0.2) is 18.1 Å². The topological polar surface area (TPSA) is 64.4 Å². The molecule has 1 saturated carbocycles. The van der Waals surface area contributed by atoms with Crippen LogP contribution in [-0.2, 0) is 4.79 Å². The zero-order chi connectivity index (χ0) is 11.9. The minimum absolute atomic E-state index is 0.0285. The Morgan fingerprint density at radius 2 is 2.18 bits per heavy atom. The number of hydrogen-bond donors (Lipinski definition) is 2. The van der Waals surface area contributed by atoms with Crippen LogP contribution in [0.2, 0.25) is 0 Å². The van der Waals surface area contributed by atoms with Crippen molar-refractivity contribution in [3.63, 3.8) is 0 Å². The number of amides is 1. The largest absolute Gasteiger partial charge is 0.493 e. The lowest BCUT2D eigenvalue weighted by Crippen LogP contribution is -2.45. The maximum absolute atomic E-state index is 11.9. The van der Waals surface area contributed by atoms with Gasteiger partial charge in [-0.05, 0) is 18.9 Å². The van der Waals surface area contributed by atoms with Gasteiger partial charge in [-0.2, -0.15) is 0 Å². The second-order valence-electron chi connectivity index (χ2n) is 4.86. The summed E-state index contributed by atoms with van der Waals surface area (Å²) in [6.45, 7) is 0.638. The first-order valence-corrected chi connectivity index (χ1v) is 6.01. The van der Waals surface area contributed by atoms with Gasteiger partial charge in [0.15, 0.2) is 0 Å². The van der Waals surface area contributed by atoms with Crippen molar-refractivity contribution in [3.8, 4) is 5.75 Å². The van der Waals surface area contributed by atoms with Crippen LogP contribution in [0.25, 0.3) is 0 Å². The molecule has 4 heteroatoms. The Labute approximate surface area is 100 Å². The number of rotatable bonds is 2. The molecule has 0 spiro atoms. The average Bonchev–Trinajstić information content (AvgIpc) is 3.09. The summed E-state index contributed by atoms with van der Waals surface area (Å²) in [6, 6.07) is 7.86. The number of para-hydroxylation sites is 1. The zero-order valence-corrected chi connectivity index (χ0v) is 9.61. The van der Waals surface area contributed by atoms with Crippen LogP contribution in [0.4, 0.5) is 0 Å². The fourth-order valence-electron chi connectivity index (χ4n) is 2.16. The summed E-state index contributed by atoms with van der Waals surface area (Å²) in [5.41, 5.74) is 6.33. The zero-order valence-electron chi connectivity index (χ0n) is 9.61. The number of fused-ring (bicyclic) bond motifs is 1. The lowest BCUT2D eigenvalue weighted by Gasteiger charge is -2.27. The number of nitrogens with two attached hydrogens (primary N) is 1. The highest BCUT2D eigenvalue weighted by molar-refractivity contribution is 5.89. The molecule has 1 aliphatic heterocycles. The number of carbonyl (C=O) groups is 1. The Morgan fingerprint density at radius 3 is 2.94 bits per heavy atom. The molecule has 17 heavy (non-hydrogen) atoms. The molecule has 1 atom stereocenters. The Kier molecular flexibility index (Phi) is 2.33. The van der Waals surface area contributed by atoms with Crippen LogP contribution in [0.5, 0.6) is 5.75 Å². The highest BCUT2D eigenvalue weighted by atomic mass is 16.5. The number of hydrogen-bond acceptors (Lipinski definition) is 3. The minimum atomic E-state index is -0.604. The molecule has 2 aliphatic rings. The molecular formula is C13H16N2O2. The van der Waals surface area contributed by atoms with Crippen LogP contribution in [0.15, 0.2) is 24.3 Å². The first kappa shape index (κ1) is 10.6. The Hall–Kier alpha value is -1.55. The molecule has 4 nitrogen and oxygen atoms in total. The average molecular weight is 232 g/mol. The van der Waals surface area contributed by atoms with Gasteiger partial charge in [-0.3, -0.25) is 4.79 Å². The van der Waals surface area contributed by atoms with Crippen molar-refractivity contribution in [3.05, 3.63) is 29.8 Å².